The Bertz CT molecular complexity index is 598. The summed E-state index contributed by atoms with van der Waals surface area (Å²) in [6, 6.07) is 12.1. The van der Waals surface area contributed by atoms with Crippen LogP contribution in [0.4, 0.5) is 0 Å². The summed E-state index contributed by atoms with van der Waals surface area (Å²) in [4.78, 5) is 15.6. The molecule has 0 radical (unpaired) electrons. The average molecular weight is 367 g/mol. The van der Waals surface area contributed by atoms with Gasteiger partial charge in [-0.25, -0.2) is 0 Å². The van der Waals surface area contributed by atoms with Crippen molar-refractivity contribution in [2.75, 3.05) is 19.6 Å². The molecule has 0 saturated carbocycles. The number of nitrogens with two attached hydrogens (primary N) is 1. The molecule has 1 heterocycles. The van der Waals surface area contributed by atoms with Gasteiger partial charge < -0.3 is 10.6 Å². The largest absolute Gasteiger partial charge is 0.337 e. The lowest BCUT2D eigenvalue weighted by Crippen LogP contribution is -2.36. The Labute approximate surface area is 137 Å². The summed E-state index contributed by atoms with van der Waals surface area (Å²) in [5.41, 5.74) is 7.62. The molecule has 112 valence electrons. The zero-order valence-electron chi connectivity index (χ0n) is 12.0. The molecular formula is C16H19BrN2OS. The zero-order chi connectivity index (χ0) is 15.2. The highest BCUT2D eigenvalue weighted by Crippen LogP contribution is 2.28. The van der Waals surface area contributed by atoms with Crippen LogP contribution in [0, 0.1) is 6.92 Å². The van der Waals surface area contributed by atoms with Crippen LogP contribution in [0.25, 0.3) is 0 Å². The quantitative estimate of drug-likeness (QED) is 0.850. The Hall–Kier alpha value is -1.17. The van der Waals surface area contributed by atoms with Crippen molar-refractivity contribution in [2.24, 2.45) is 5.73 Å². The van der Waals surface area contributed by atoms with Crippen LogP contribution in [0.3, 0.4) is 0 Å². The number of amides is 1. The van der Waals surface area contributed by atoms with Crippen LogP contribution in [0.5, 0.6) is 0 Å². The SMILES string of the molecule is Cc1cc(C(=O)N(CCN)CCc2ccccc2)c(Br)s1. The van der Waals surface area contributed by atoms with Gasteiger partial charge in [0.25, 0.3) is 5.91 Å². The van der Waals surface area contributed by atoms with Gasteiger partial charge in [0, 0.05) is 24.5 Å². The highest BCUT2D eigenvalue weighted by Gasteiger charge is 2.19. The second-order valence-electron chi connectivity index (χ2n) is 4.86. The van der Waals surface area contributed by atoms with Crippen LogP contribution in [0.15, 0.2) is 40.2 Å². The molecule has 0 unspecified atom stereocenters. The maximum atomic E-state index is 12.6. The van der Waals surface area contributed by atoms with Crippen LogP contribution in [-0.4, -0.2) is 30.4 Å². The van der Waals surface area contributed by atoms with Crippen molar-refractivity contribution in [3.8, 4) is 0 Å². The summed E-state index contributed by atoms with van der Waals surface area (Å²) in [5, 5.41) is 0. The fraction of sp³-hybridized carbons (Fsp3) is 0.312. The fourth-order valence-electron chi connectivity index (χ4n) is 2.18. The van der Waals surface area contributed by atoms with Crippen LogP contribution < -0.4 is 5.73 Å². The summed E-state index contributed by atoms with van der Waals surface area (Å²) >= 11 is 5.06. The minimum absolute atomic E-state index is 0.0487. The standard InChI is InChI=1S/C16H19BrN2OS/c1-12-11-14(15(17)21-12)16(20)19(10-8-18)9-7-13-5-3-2-4-6-13/h2-6,11H,7-10,18H2,1H3. The number of benzene rings is 1. The molecule has 1 amide bonds. The van der Waals surface area contributed by atoms with Crippen molar-refractivity contribution in [2.45, 2.75) is 13.3 Å². The van der Waals surface area contributed by atoms with Crippen LogP contribution in [-0.2, 0) is 6.42 Å². The monoisotopic (exact) mass is 366 g/mol. The van der Waals surface area contributed by atoms with Crippen molar-refractivity contribution in [3.63, 3.8) is 0 Å². The molecule has 0 atom stereocenters. The molecule has 0 aliphatic heterocycles. The predicted octanol–water partition coefficient (Wildman–Crippen LogP) is 3.46. The first-order chi connectivity index (χ1) is 10.1. The van der Waals surface area contributed by atoms with Crippen LogP contribution in [0.1, 0.15) is 20.8 Å². The molecule has 0 aliphatic rings. The normalized spacial score (nSPS) is 10.6. The number of aryl methyl sites for hydroxylation is 1. The van der Waals surface area contributed by atoms with Crippen molar-refractivity contribution >= 4 is 33.2 Å². The number of rotatable bonds is 6. The number of halogens is 1. The minimum atomic E-state index is 0.0487. The first-order valence-corrected chi connectivity index (χ1v) is 8.52. The number of carbonyl (C=O) groups excluding carboxylic acids is 1. The third kappa shape index (κ3) is 4.40. The third-order valence-corrected chi connectivity index (χ3v) is 4.99. The molecule has 2 N–H and O–H groups in total. The molecule has 0 spiro atoms. The number of nitrogens with zero attached hydrogens (tertiary/aromatic N) is 1. The smallest absolute Gasteiger partial charge is 0.255 e. The molecular weight excluding hydrogens is 348 g/mol. The lowest BCUT2D eigenvalue weighted by molar-refractivity contribution is 0.0762. The maximum Gasteiger partial charge on any atom is 0.255 e. The molecule has 0 fully saturated rings. The van der Waals surface area contributed by atoms with E-state index in [0.29, 0.717) is 19.6 Å². The van der Waals surface area contributed by atoms with Gasteiger partial charge in [-0.3, -0.25) is 4.79 Å². The van der Waals surface area contributed by atoms with Gasteiger partial charge in [0.15, 0.2) is 0 Å². The predicted molar refractivity (Wildman–Crippen MR) is 91.9 cm³/mol. The van der Waals surface area contributed by atoms with E-state index in [4.69, 9.17) is 5.73 Å². The van der Waals surface area contributed by atoms with E-state index in [1.165, 1.54) is 5.56 Å². The van der Waals surface area contributed by atoms with Gasteiger partial charge in [-0.15, -0.1) is 11.3 Å². The average Bonchev–Trinajstić information content (AvgIpc) is 2.82. The highest BCUT2D eigenvalue weighted by molar-refractivity contribution is 9.11. The van der Waals surface area contributed by atoms with Crippen molar-refractivity contribution in [3.05, 3.63) is 56.2 Å². The van der Waals surface area contributed by atoms with Gasteiger partial charge in [-0.2, -0.15) is 0 Å². The molecule has 0 aliphatic carbocycles. The number of carbonyl (C=O) groups is 1. The first-order valence-electron chi connectivity index (χ1n) is 6.91. The van der Waals surface area contributed by atoms with Gasteiger partial charge in [0.2, 0.25) is 0 Å². The number of thiophene rings is 1. The van der Waals surface area contributed by atoms with E-state index in [0.717, 1.165) is 20.6 Å². The Morgan fingerprint density at radius 2 is 2.00 bits per heavy atom. The summed E-state index contributed by atoms with van der Waals surface area (Å²) in [6.07, 6.45) is 0.841. The van der Waals surface area contributed by atoms with Gasteiger partial charge in [-0.05, 0) is 40.9 Å². The van der Waals surface area contributed by atoms with E-state index in [2.05, 4.69) is 28.1 Å². The van der Waals surface area contributed by atoms with E-state index in [-0.39, 0.29) is 5.91 Å². The topological polar surface area (TPSA) is 46.3 Å². The second kappa shape index (κ2) is 7.73. The number of hydrogen-bond donors (Lipinski definition) is 1. The lowest BCUT2D eigenvalue weighted by atomic mass is 10.1. The van der Waals surface area contributed by atoms with Gasteiger partial charge in [0.1, 0.15) is 0 Å². The van der Waals surface area contributed by atoms with E-state index in [1.807, 2.05) is 36.1 Å². The molecule has 2 aromatic rings. The van der Waals surface area contributed by atoms with Gasteiger partial charge in [-0.1, -0.05) is 30.3 Å². The Balaban J connectivity index is 2.07. The van der Waals surface area contributed by atoms with Gasteiger partial charge >= 0.3 is 0 Å². The lowest BCUT2D eigenvalue weighted by Gasteiger charge is -2.22. The molecule has 0 saturated heterocycles. The molecule has 0 bridgehead atoms. The van der Waals surface area contributed by atoms with Crippen molar-refractivity contribution in [1.82, 2.24) is 4.90 Å². The summed E-state index contributed by atoms with van der Waals surface area (Å²) in [5.74, 6) is 0.0487. The first kappa shape index (κ1) is 16.2. The van der Waals surface area contributed by atoms with Crippen LogP contribution in [0.2, 0.25) is 0 Å². The molecule has 21 heavy (non-hydrogen) atoms. The third-order valence-electron chi connectivity index (χ3n) is 3.24. The van der Waals surface area contributed by atoms with E-state index in [9.17, 15) is 4.79 Å². The van der Waals surface area contributed by atoms with E-state index < -0.39 is 0 Å². The zero-order valence-corrected chi connectivity index (χ0v) is 14.4. The van der Waals surface area contributed by atoms with E-state index in [1.54, 1.807) is 11.3 Å². The van der Waals surface area contributed by atoms with Crippen LogP contribution >= 0.6 is 27.3 Å². The van der Waals surface area contributed by atoms with Gasteiger partial charge in [0.05, 0.1) is 9.35 Å². The fourth-order valence-corrected chi connectivity index (χ4v) is 3.95. The van der Waals surface area contributed by atoms with Crippen molar-refractivity contribution < 1.29 is 4.79 Å². The minimum Gasteiger partial charge on any atom is -0.337 e. The van der Waals surface area contributed by atoms with E-state index >= 15 is 0 Å². The Morgan fingerprint density at radius 1 is 1.29 bits per heavy atom. The van der Waals surface area contributed by atoms with Crippen molar-refractivity contribution in [1.29, 1.82) is 0 Å². The maximum absolute atomic E-state index is 12.6. The molecule has 1 aromatic heterocycles. The molecule has 5 heteroatoms. The number of hydrogen-bond acceptors (Lipinski definition) is 3. The molecule has 3 nitrogen and oxygen atoms in total. The Morgan fingerprint density at radius 3 is 2.57 bits per heavy atom. The summed E-state index contributed by atoms with van der Waals surface area (Å²) in [6.45, 7) is 3.74. The summed E-state index contributed by atoms with van der Waals surface area (Å²) < 4.78 is 0.895. The molecule has 2 rings (SSSR count). The second-order valence-corrected chi connectivity index (χ2v) is 7.44. The Kier molecular flexibility index (Phi) is 5.96. The molecule has 1 aromatic carbocycles. The summed E-state index contributed by atoms with van der Waals surface area (Å²) in [7, 11) is 0. The highest BCUT2D eigenvalue weighted by atomic mass is 79.9.